The van der Waals surface area contributed by atoms with E-state index in [0.29, 0.717) is 12.2 Å². The quantitative estimate of drug-likeness (QED) is 0.372. The zero-order chi connectivity index (χ0) is 31.3. The van der Waals surface area contributed by atoms with Gasteiger partial charge in [-0.2, -0.15) is 4.31 Å². The first kappa shape index (κ1) is 30.8. The van der Waals surface area contributed by atoms with Gasteiger partial charge in [0.1, 0.15) is 16.7 Å². The second-order valence-electron chi connectivity index (χ2n) is 12.1. The number of carbonyl (C=O) groups is 1. The molecule has 0 aromatic heterocycles. The van der Waals surface area contributed by atoms with Gasteiger partial charge < -0.3 is 10.5 Å². The Balaban J connectivity index is 1.61. The van der Waals surface area contributed by atoms with Crippen LogP contribution in [0.5, 0.6) is 5.75 Å². The van der Waals surface area contributed by atoms with Crippen molar-refractivity contribution >= 4 is 27.3 Å². The Morgan fingerprint density at radius 1 is 1.12 bits per heavy atom. The van der Waals surface area contributed by atoms with E-state index in [1.54, 1.807) is 24.3 Å². The van der Waals surface area contributed by atoms with Gasteiger partial charge in [0.2, 0.25) is 15.9 Å². The number of nitrogens with zero attached hydrogens (tertiary/aromatic N) is 3. The van der Waals surface area contributed by atoms with Crippen LogP contribution in [0.15, 0.2) is 59.5 Å². The number of anilines is 2. The number of nitrogens with one attached hydrogen (secondary N) is 1. The standard InChI is InChI=1S/C33H43N5O4S/c1-8-25-20-37(43(40,41)29-13-11-10-12-28(29)42-25)19-24-18-23(15-14-21(24)3)30(33(5,6)32(34)39)26-16-17-27-31(22(26)4)36(7)35-38(27)9-2/h10-18,25,30,35H,8-9,19-20H2,1-7H3,(H2,34,39)/t25-,30+/m1/s1. The second kappa shape index (κ2) is 11.5. The van der Waals surface area contributed by atoms with Crippen molar-refractivity contribution in [1.82, 2.24) is 9.84 Å². The molecule has 9 nitrogen and oxygen atoms in total. The molecule has 2 aliphatic heterocycles. The Morgan fingerprint density at radius 2 is 1.84 bits per heavy atom. The van der Waals surface area contributed by atoms with E-state index in [-0.39, 0.29) is 30.0 Å². The molecule has 0 unspecified atom stereocenters. The molecule has 2 atom stereocenters. The highest BCUT2D eigenvalue weighted by molar-refractivity contribution is 7.89. The smallest absolute Gasteiger partial charge is 0.247 e. The lowest BCUT2D eigenvalue weighted by molar-refractivity contribution is -0.126. The van der Waals surface area contributed by atoms with Gasteiger partial charge in [-0.15, -0.1) is 5.53 Å². The van der Waals surface area contributed by atoms with Gasteiger partial charge in [-0.1, -0.05) is 57.2 Å². The number of sulfonamides is 1. The van der Waals surface area contributed by atoms with Gasteiger partial charge in [0.05, 0.1) is 23.3 Å². The molecular weight excluding hydrogens is 562 g/mol. The summed E-state index contributed by atoms with van der Waals surface area (Å²) < 4.78 is 35.4. The summed E-state index contributed by atoms with van der Waals surface area (Å²) >= 11 is 0. The maximum absolute atomic E-state index is 13.9. The number of primary amides is 1. The highest BCUT2D eigenvalue weighted by atomic mass is 32.2. The Bertz CT molecular complexity index is 1650. The third-order valence-electron chi connectivity index (χ3n) is 9.01. The molecule has 0 saturated heterocycles. The predicted molar refractivity (Wildman–Crippen MR) is 170 cm³/mol. The Morgan fingerprint density at radius 3 is 2.51 bits per heavy atom. The van der Waals surface area contributed by atoms with E-state index in [1.165, 1.54) is 4.31 Å². The van der Waals surface area contributed by atoms with Crippen LogP contribution in [0.25, 0.3) is 0 Å². The first-order chi connectivity index (χ1) is 20.3. The van der Waals surface area contributed by atoms with Crippen LogP contribution in [-0.2, 0) is 21.4 Å². The second-order valence-corrected chi connectivity index (χ2v) is 14.1. The maximum Gasteiger partial charge on any atom is 0.247 e. The maximum atomic E-state index is 13.9. The summed E-state index contributed by atoms with van der Waals surface area (Å²) in [7, 11) is -1.83. The van der Waals surface area contributed by atoms with Gasteiger partial charge in [-0.25, -0.2) is 8.42 Å². The van der Waals surface area contributed by atoms with Crippen LogP contribution >= 0.6 is 0 Å². The monoisotopic (exact) mass is 605 g/mol. The largest absolute Gasteiger partial charge is 0.488 e. The van der Waals surface area contributed by atoms with E-state index in [9.17, 15) is 13.2 Å². The minimum atomic E-state index is -3.81. The fourth-order valence-corrected chi connectivity index (χ4v) is 7.91. The predicted octanol–water partition coefficient (Wildman–Crippen LogP) is 5.00. The number of fused-ring (bicyclic) bond motifs is 2. The average molecular weight is 606 g/mol. The summed E-state index contributed by atoms with van der Waals surface area (Å²) in [5.41, 5.74) is 15.4. The van der Waals surface area contributed by atoms with Crippen molar-refractivity contribution < 1.29 is 17.9 Å². The number of hydrogen-bond donors (Lipinski definition) is 2. The fraction of sp³-hybridized carbons (Fsp3) is 0.424. The number of aryl methyl sites for hydroxylation is 1. The van der Waals surface area contributed by atoms with Crippen molar-refractivity contribution in [2.75, 3.05) is 30.2 Å². The molecule has 3 aromatic carbocycles. The molecule has 3 aromatic rings. The van der Waals surface area contributed by atoms with E-state index in [4.69, 9.17) is 10.5 Å². The Kier molecular flexibility index (Phi) is 8.24. The summed E-state index contributed by atoms with van der Waals surface area (Å²) in [6.07, 6.45) is 0.399. The molecule has 3 N–H and O–H groups in total. The van der Waals surface area contributed by atoms with E-state index in [2.05, 4.69) is 36.5 Å². The minimum Gasteiger partial charge on any atom is -0.488 e. The number of carbonyl (C=O) groups excluding carboxylic acids is 1. The third-order valence-corrected chi connectivity index (χ3v) is 10.9. The molecule has 0 fully saturated rings. The van der Waals surface area contributed by atoms with E-state index >= 15 is 0 Å². The molecule has 230 valence electrons. The first-order valence-corrected chi connectivity index (χ1v) is 16.3. The van der Waals surface area contributed by atoms with Crippen molar-refractivity contribution in [2.24, 2.45) is 11.1 Å². The molecule has 2 heterocycles. The van der Waals surface area contributed by atoms with Gasteiger partial charge in [0.15, 0.2) is 0 Å². The fourth-order valence-electron chi connectivity index (χ4n) is 6.34. The highest BCUT2D eigenvalue weighted by Crippen LogP contribution is 2.47. The van der Waals surface area contributed by atoms with Crippen LogP contribution in [0, 0.1) is 19.3 Å². The van der Waals surface area contributed by atoms with Gasteiger partial charge in [0, 0.05) is 26.1 Å². The number of ether oxygens (including phenoxy) is 1. The van der Waals surface area contributed by atoms with Crippen molar-refractivity contribution in [3.05, 3.63) is 82.4 Å². The van der Waals surface area contributed by atoms with Crippen LogP contribution in [0.3, 0.4) is 0 Å². The highest BCUT2D eigenvalue weighted by Gasteiger charge is 2.40. The summed E-state index contributed by atoms with van der Waals surface area (Å²) in [5, 5.41) is 4.08. The van der Waals surface area contributed by atoms with Crippen molar-refractivity contribution in [3.63, 3.8) is 0 Å². The molecule has 0 spiro atoms. The lowest BCUT2D eigenvalue weighted by Gasteiger charge is -2.35. The van der Waals surface area contributed by atoms with Gasteiger partial charge >= 0.3 is 0 Å². The molecule has 0 radical (unpaired) electrons. The normalized spacial score (nSPS) is 18.9. The van der Waals surface area contributed by atoms with E-state index in [1.807, 2.05) is 58.0 Å². The molecule has 2 aliphatic rings. The van der Waals surface area contributed by atoms with Crippen LogP contribution in [0.1, 0.15) is 67.9 Å². The molecule has 0 aliphatic carbocycles. The number of hydrogen-bond acceptors (Lipinski definition) is 7. The summed E-state index contributed by atoms with van der Waals surface area (Å²) in [6, 6.07) is 17.1. The zero-order valence-electron chi connectivity index (χ0n) is 26.1. The molecule has 1 amide bonds. The number of hydrazine groups is 2. The summed E-state index contributed by atoms with van der Waals surface area (Å²) in [5.74, 6) is -0.387. The zero-order valence-corrected chi connectivity index (χ0v) is 27.0. The molecule has 0 bridgehead atoms. The molecule has 10 heteroatoms. The number of amides is 1. The number of benzene rings is 3. The molecular formula is C33H43N5O4S. The van der Waals surface area contributed by atoms with Gasteiger partial charge in [-0.05, 0) is 73.2 Å². The lowest BCUT2D eigenvalue weighted by Crippen LogP contribution is -2.42. The minimum absolute atomic E-state index is 0.181. The topological polar surface area (TPSA) is 108 Å². The number of rotatable bonds is 8. The van der Waals surface area contributed by atoms with Gasteiger partial charge in [0.25, 0.3) is 0 Å². The third kappa shape index (κ3) is 5.36. The number of para-hydroxylation sites is 1. The van der Waals surface area contributed by atoms with Crippen LogP contribution < -0.4 is 26.0 Å². The Labute approximate surface area is 255 Å². The lowest BCUT2D eigenvalue weighted by atomic mass is 9.69. The van der Waals surface area contributed by atoms with Crippen LogP contribution in [-0.4, -0.2) is 44.9 Å². The van der Waals surface area contributed by atoms with Crippen LogP contribution in [0.4, 0.5) is 11.4 Å². The molecule has 43 heavy (non-hydrogen) atoms. The molecule has 5 rings (SSSR count). The number of nitrogens with two attached hydrogens (primary N) is 1. The summed E-state index contributed by atoms with van der Waals surface area (Å²) in [4.78, 5) is 13.2. The SMILES string of the molecule is CC[C@@H]1CN(Cc2cc([C@@H](c3ccc4c(c3C)N(C)NN4CC)C(C)(C)C(N)=O)ccc2C)S(=O)(=O)c2ccccc2O1. The Hall–Kier alpha value is -3.60. The summed E-state index contributed by atoms with van der Waals surface area (Å²) in [6.45, 7) is 13.1. The molecule has 0 saturated carbocycles. The van der Waals surface area contributed by atoms with Gasteiger partial charge in [-0.3, -0.25) is 14.8 Å². The van der Waals surface area contributed by atoms with Crippen molar-refractivity contribution in [2.45, 2.75) is 71.4 Å². The van der Waals surface area contributed by atoms with E-state index in [0.717, 1.165) is 45.7 Å². The average Bonchev–Trinajstić information content (AvgIpc) is 3.25. The van der Waals surface area contributed by atoms with Crippen molar-refractivity contribution in [3.8, 4) is 5.75 Å². The van der Waals surface area contributed by atoms with E-state index < -0.39 is 21.3 Å². The first-order valence-electron chi connectivity index (χ1n) is 14.9. The van der Waals surface area contributed by atoms with Crippen molar-refractivity contribution in [1.29, 1.82) is 0 Å². The van der Waals surface area contributed by atoms with Crippen LogP contribution in [0.2, 0.25) is 0 Å².